The number of anilines is 1. The van der Waals surface area contributed by atoms with E-state index >= 15 is 0 Å². The lowest BCUT2D eigenvalue weighted by molar-refractivity contribution is -0.125. The fraction of sp³-hybridized carbons (Fsp3) is 0.529. The molecule has 2 amide bonds. The first-order valence-electron chi connectivity index (χ1n) is 8.24. The van der Waals surface area contributed by atoms with Gasteiger partial charge in [0, 0.05) is 31.0 Å². The van der Waals surface area contributed by atoms with Gasteiger partial charge in [0.05, 0.1) is 18.3 Å². The number of carbonyl (C=O) groups is 2. The summed E-state index contributed by atoms with van der Waals surface area (Å²) in [6.07, 6.45) is 2.45. The third kappa shape index (κ3) is 4.19. The van der Waals surface area contributed by atoms with Gasteiger partial charge in [-0.25, -0.2) is 0 Å². The molecule has 24 heavy (non-hydrogen) atoms. The zero-order chi connectivity index (χ0) is 16.9. The van der Waals surface area contributed by atoms with Crippen molar-refractivity contribution in [3.8, 4) is 5.75 Å². The van der Waals surface area contributed by atoms with Crippen LogP contribution in [0.1, 0.15) is 25.7 Å². The Morgan fingerprint density at radius 3 is 2.96 bits per heavy atom. The predicted octanol–water partition coefficient (Wildman–Crippen LogP) is 2.14. The standard InChI is InChI=1S/C17H21ClN2O4/c18-12-3-4-15-14(10-12)20(7-9-24-15)17(22)6-5-16(21)19-11-13-2-1-8-23-13/h3-4,10,13H,1-2,5-9,11H2,(H,19,21)/t13-/m0/s1. The number of carbonyl (C=O) groups excluding carboxylic acids is 2. The molecule has 0 unspecified atom stereocenters. The normalized spacial score (nSPS) is 19.5. The fourth-order valence-electron chi connectivity index (χ4n) is 2.93. The molecule has 0 saturated carbocycles. The summed E-state index contributed by atoms with van der Waals surface area (Å²) in [7, 11) is 0. The Labute approximate surface area is 146 Å². The molecular formula is C17H21ClN2O4. The number of benzene rings is 1. The molecule has 2 aliphatic heterocycles. The molecule has 0 spiro atoms. The number of fused-ring (bicyclic) bond motifs is 1. The van der Waals surface area contributed by atoms with Crippen LogP contribution in [0, 0.1) is 0 Å². The summed E-state index contributed by atoms with van der Waals surface area (Å²) in [5.41, 5.74) is 0.665. The van der Waals surface area contributed by atoms with Crippen LogP contribution in [0.15, 0.2) is 18.2 Å². The van der Waals surface area contributed by atoms with Gasteiger partial charge in [0.1, 0.15) is 12.4 Å². The van der Waals surface area contributed by atoms with Crippen LogP contribution in [-0.2, 0) is 14.3 Å². The minimum absolute atomic E-state index is 0.103. The third-order valence-electron chi connectivity index (χ3n) is 4.20. The van der Waals surface area contributed by atoms with Gasteiger partial charge in [0.25, 0.3) is 0 Å². The van der Waals surface area contributed by atoms with Gasteiger partial charge in [-0.05, 0) is 31.0 Å². The summed E-state index contributed by atoms with van der Waals surface area (Å²) < 4.78 is 11.0. The van der Waals surface area contributed by atoms with E-state index in [1.165, 1.54) is 0 Å². The van der Waals surface area contributed by atoms with Crippen LogP contribution in [0.2, 0.25) is 5.02 Å². The molecule has 2 aliphatic rings. The second kappa shape index (κ2) is 7.85. The van der Waals surface area contributed by atoms with Crippen molar-refractivity contribution in [3.05, 3.63) is 23.2 Å². The Bertz CT molecular complexity index is 617. The van der Waals surface area contributed by atoms with Crippen LogP contribution in [0.3, 0.4) is 0 Å². The molecule has 130 valence electrons. The summed E-state index contributed by atoms with van der Waals surface area (Å²) in [6.45, 7) is 2.18. The van der Waals surface area contributed by atoms with E-state index in [4.69, 9.17) is 21.1 Å². The van der Waals surface area contributed by atoms with E-state index in [0.717, 1.165) is 19.4 Å². The Morgan fingerprint density at radius 2 is 2.17 bits per heavy atom. The maximum absolute atomic E-state index is 12.5. The molecule has 7 heteroatoms. The van der Waals surface area contributed by atoms with Crippen LogP contribution in [0.25, 0.3) is 0 Å². The van der Waals surface area contributed by atoms with Crippen LogP contribution >= 0.6 is 11.6 Å². The molecule has 0 radical (unpaired) electrons. The van der Waals surface area contributed by atoms with Gasteiger partial charge in [-0.3, -0.25) is 9.59 Å². The van der Waals surface area contributed by atoms with E-state index in [2.05, 4.69) is 5.32 Å². The first-order valence-corrected chi connectivity index (χ1v) is 8.62. The molecule has 1 N–H and O–H groups in total. The lowest BCUT2D eigenvalue weighted by atomic mass is 10.2. The molecule has 1 atom stereocenters. The van der Waals surface area contributed by atoms with E-state index in [0.29, 0.717) is 36.2 Å². The maximum Gasteiger partial charge on any atom is 0.227 e. The highest BCUT2D eigenvalue weighted by atomic mass is 35.5. The minimum Gasteiger partial charge on any atom is -0.490 e. The summed E-state index contributed by atoms with van der Waals surface area (Å²) in [5.74, 6) is 0.411. The Balaban J connectivity index is 1.50. The highest BCUT2D eigenvalue weighted by Crippen LogP contribution is 2.34. The van der Waals surface area contributed by atoms with Crippen molar-refractivity contribution >= 4 is 29.1 Å². The lowest BCUT2D eigenvalue weighted by Gasteiger charge is -2.29. The average molecular weight is 353 g/mol. The van der Waals surface area contributed by atoms with Gasteiger partial charge in [-0.2, -0.15) is 0 Å². The number of amides is 2. The van der Waals surface area contributed by atoms with Crippen molar-refractivity contribution in [2.45, 2.75) is 31.8 Å². The molecule has 1 fully saturated rings. The zero-order valence-corrected chi connectivity index (χ0v) is 14.2. The van der Waals surface area contributed by atoms with Gasteiger partial charge in [0.15, 0.2) is 0 Å². The maximum atomic E-state index is 12.5. The van der Waals surface area contributed by atoms with E-state index in [1.807, 2.05) is 0 Å². The second-order valence-electron chi connectivity index (χ2n) is 5.94. The first-order chi connectivity index (χ1) is 11.6. The Hall–Kier alpha value is -1.79. The molecule has 1 saturated heterocycles. The highest BCUT2D eigenvalue weighted by Gasteiger charge is 2.24. The smallest absolute Gasteiger partial charge is 0.227 e. The number of hydrogen-bond acceptors (Lipinski definition) is 4. The van der Waals surface area contributed by atoms with E-state index < -0.39 is 0 Å². The zero-order valence-electron chi connectivity index (χ0n) is 13.4. The lowest BCUT2D eigenvalue weighted by Crippen LogP contribution is -2.39. The van der Waals surface area contributed by atoms with Gasteiger partial charge in [-0.15, -0.1) is 0 Å². The highest BCUT2D eigenvalue weighted by molar-refractivity contribution is 6.31. The van der Waals surface area contributed by atoms with Gasteiger partial charge >= 0.3 is 0 Å². The minimum atomic E-state index is -0.126. The molecule has 0 bridgehead atoms. The van der Waals surface area contributed by atoms with Crippen molar-refractivity contribution < 1.29 is 19.1 Å². The van der Waals surface area contributed by atoms with Crippen LogP contribution in [0.4, 0.5) is 5.69 Å². The second-order valence-corrected chi connectivity index (χ2v) is 6.38. The number of nitrogens with one attached hydrogen (secondary N) is 1. The van der Waals surface area contributed by atoms with Crippen molar-refractivity contribution in [2.24, 2.45) is 0 Å². The predicted molar refractivity (Wildman–Crippen MR) is 90.5 cm³/mol. The average Bonchev–Trinajstić information content (AvgIpc) is 3.10. The third-order valence-corrected chi connectivity index (χ3v) is 4.44. The van der Waals surface area contributed by atoms with Crippen molar-refractivity contribution in [1.29, 1.82) is 0 Å². The van der Waals surface area contributed by atoms with Crippen LogP contribution in [0.5, 0.6) is 5.75 Å². The Morgan fingerprint density at radius 1 is 1.29 bits per heavy atom. The number of halogens is 1. The van der Waals surface area contributed by atoms with Crippen molar-refractivity contribution in [3.63, 3.8) is 0 Å². The number of nitrogens with zero attached hydrogens (tertiary/aromatic N) is 1. The van der Waals surface area contributed by atoms with E-state index in [-0.39, 0.29) is 30.8 Å². The molecule has 0 aliphatic carbocycles. The van der Waals surface area contributed by atoms with E-state index in [9.17, 15) is 9.59 Å². The first kappa shape index (κ1) is 17.0. The Kier molecular flexibility index (Phi) is 5.58. The molecule has 2 heterocycles. The summed E-state index contributed by atoms with van der Waals surface area (Å²) >= 11 is 6.01. The molecule has 6 nitrogen and oxygen atoms in total. The van der Waals surface area contributed by atoms with Crippen LogP contribution in [-0.4, -0.2) is 44.2 Å². The summed E-state index contributed by atoms with van der Waals surface area (Å²) in [6, 6.07) is 5.20. The number of hydrogen-bond donors (Lipinski definition) is 1. The van der Waals surface area contributed by atoms with Gasteiger partial charge in [0.2, 0.25) is 11.8 Å². The van der Waals surface area contributed by atoms with Crippen LogP contribution < -0.4 is 15.0 Å². The molecule has 3 rings (SSSR count). The largest absolute Gasteiger partial charge is 0.490 e. The van der Waals surface area contributed by atoms with Crippen molar-refractivity contribution in [2.75, 3.05) is 31.2 Å². The van der Waals surface area contributed by atoms with Crippen molar-refractivity contribution in [1.82, 2.24) is 5.32 Å². The summed E-state index contributed by atoms with van der Waals surface area (Å²) in [4.78, 5) is 26.0. The van der Waals surface area contributed by atoms with Gasteiger partial charge in [-0.1, -0.05) is 11.6 Å². The number of rotatable bonds is 5. The van der Waals surface area contributed by atoms with Gasteiger partial charge < -0.3 is 19.7 Å². The SMILES string of the molecule is O=C(CCC(=O)N1CCOc2ccc(Cl)cc21)NC[C@@H]1CCCO1. The fourth-order valence-corrected chi connectivity index (χ4v) is 3.09. The molecule has 1 aromatic rings. The summed E-state index contributed by atoms with van der Waals surface area (Å²) in [5, 5.41) is 3.38. The topological polar surface area (TPSA) is 67.9 Å². The number of ether oxygens (including phenoxy) is 2. The monoisotopic (exact) mass is 352 g/mol. The quantitative estimate of drug-likeness (QED) is 0.881. The molecule has 1 aromatic carbocycles. The molecule has 0 aromatic heterocycles. The van der Waals surface area contributed by atoms with E-state index in [1.54, 1.807) is 23.1 Å². The molecular weight excluding hydrogens is 332 g/mol.